The lowest BCUT2D eigenvalue weighted by atomic mass is 10.1. The number of furan rings is 1. The highest BCUT2D eigenvalue weighted by Crippen LogP contribution is 2.18. The first-order valence-corrected chi connectivity index (χ1v) is 7.34. The Balaban J connectivity index is 2.04. The Kier molecular flexibility index (Phi) is 5.61. The second-order valence-electron chi connectivity index (χ2n) is 5.41. The van der Waals surface area contributed by atoms with E-state index in [1.54, 1.807) is 11.2 Å². The van der Waals surface area contributed by atoms with Crippen molar-refractivity contribution in [1.29, 1.82) is 0 Å². The van der Waals surface area contributed by atoms with Crippen molar-refractivity contribution in [1.82, 2.24) is 9.80 Å². The van der Waals surface area contributed by atoms with E-state index in [-0.39, 0.29) is 18.6 Å². The van der Waals surface area contributed by atoms with E-state index in [1.807, 2.05) is 19.2 Å². The van der Waals surface area contributed by atoms with Crippen LogP contribution in [-0.4, -0.2) is 53.6 Å². The summed E-state index contributed by atoms with van der Waals surface area (Å²) >= 11 is 0. The molecule has 1 aromatic rings. The molecule has 2 heterocycles. The molecule has 0 radical (unpaired) electrons. The Morgan fingerprint density at radius 3 is 3.05 bits per heavy atom. The first-order chi connectivity index (χ1) is 9.72. The molecule has 1 aliphatic rings. The summed E-state index contributed by atoms with van der Waals surface area (Å²) in [5.41, 5.74) is 0. The Bertz CT molecular complexity index is 405. The minimum absolute atomic E-state index is 0.0249. The average molecular weight is 280 g/mol. The van der Waals surface area contributed by atoms with Gasteiger partial charge in [0.25, 0.3) is 0 Å². The summed E-state index contributed by atoms with van der Waals surface area (Å²) in [6.07, 6.45) is 5.93. The van der Waals surface area contributed by atoms with Gasteiger partial charge < -0.3 is 14.4 Å². The minimum atomic E-state index is -0.0704. The lowest BCUT2D eigenvalue weighted by Gasteiger charge is -2.30. The van der Waals surface area contributed by atoms with Gasteiger partial charge in [-0.25, -0.2) is 0 Å². The topological polar surface area (TPSA) is 56.9 Å². The van der Waals surface area contributed by atoms with E-state index >= 15 is 0 Å². The van der Waals surface area contributed by atoms with Crippen LogP contribution in [0.4, 0.5) is 0 Å². The number of likely N-dealkylation sites (tertiary alicyclic amines) is 1. The molecule has 1 fully saturated rings. The number of nitrogens with zero attached hydrogens (tertiary/aromatic N) is 2. The molecule has 0 aromatic carbocycles. The molecule has 1 N–H and O–H groups in total. The van der Waals surface area contributed by atoms with Crippen molar-refractivity contribution in [2.24, 2.45) is 0 Å². The molecule has 2 rings (SSSR count). The molecule has 1 amide bonds. The van der Waals surface area contributed by atoms with E-state index in [0.29, 0.717) is 13.1 Å². The predicted molar refractivity (Wildman–Crippen MR) is 76.1 cm³/mol. The molecule has 1 aromatic heterocycles. The molecule has 0 aliphatic carbocycles. The molecule has 5 nitrogen and oxygen atoms in total. The van der Waals surface area contributed by atoms with E-state index in [1.165, 1.54) is 6.42 Å². The second kappa shape index (κ2) is 7.45. The van der Waals surface area contributed by atoms with Gasteiger partial charge in [0.2, 0.25) is 5.91 Å². The summed E-state index contributed by atoms with van der Waals surface area (Å²) in [5.74, 6) is 0.850. The molecular formula is C15H24N2O3. The van der Waals surface area contributed by atoms with Crippen molar-refractivity contribution >= 4 is 5.91 Å². The summed E-state index contributed by atoms with van der Waals surface area (Å²) in [6, 6.07) is 3.60. The maximum Gasteiger partial charge on any atom is 0.240 e. The van der Waals surface area contributed by atoms with Crippen LogP contribution in [-0.2, 0) is 11.3 Å². The van der Waals surface area contributed by atoms with Gasteiger partial charge in [-0.3, -0.25) is 9.69 Å². The van der Waals surface area contributed by atoms with E-state index in [9.17, 15) is 9.90 Å². The van der Waals surface area contributed by atoms with Crippen LogP contribution in [0.5, 0.6) is 0 Å². The van der Waals surface area contributed by atoms with Crippen LogP contribution in [0, 0.1) is 0 Å². The molecule has 0 bridgehead atoms. The Morgan fingerprint density at radius 1 is 1.50 bits per heavy atom. The van der Waals surface area contributed by atoms with Crippen LogP contribution in [0.3, 0.4) is 0 Å². The monoisotopic (exact) mass is 280 g/mol. The SMILES string of the molecule is CN1CCCCCC1C(=O)N(CCO)Cc1ccco1. The van der Waals surface area contributed by atoms with Gasteiger partial charge in [-0.1, -0.05) is 12.8 Å². The number of aliphatic hydroxyl groups excluding tert-OH is 1. The average Bonchev–Trinajstić information content (AvgIpc) is 2.85. The molecule has 20 heavy (non-hydrogen) atoms. The van der Waals surface area contributed by atoms with Crippen LogP contribution in [0.15, 0.2) is 22.8 Å². The number of rotatable bonds is 5. The molecule has 112 valence electrons. The third-order valence-corrected chi connectivity index (χ3v) is 3.91. The first kappa shape index (κ1) is 15.1. The molecule has 1 saturated heterocycles. The van der Waals surface area contributed by atoms with Crippen molar-refractivity contribution < 1.29 is 14.3 Å². The third-order valence-electron chi connectivity index (χ3n) is 3.91. The molecule has 1 unspecified atom stereocenters. The van der Waals surface area contributed by atoms with Crippen LogP contribution in [0.1, 0.15) is 31.4 Å². The quantitative estimate of drug-likeness (QED) is 0.887. The third kappa shape index (κ3) is 3.84. The molecule has 0 saturated carbocycles. The highest BCUT2D eigenvalue weighted by atomic mass is 16.3. The lowest BCUT2D eigenvalue weighted by Crippen LogP contribution is -2.47. The number of hydrogen-bond donors (Lipinski definition) is 1. The van der Waals surface area contributed by atoms with Crippen LogP contribution in [0.25, 0.3) is 0 Å². The Hall–Kier alpha value is -1.33. The Labute approximate surface area is 120 Å². The van der Waals surface area contributed by atoms with Crippen molar-refractivity contribution in [3.63, 3.8) is 0 Å². The van der Waals surface area contributed by atoms with Gasteiger partial charge in [-0.15, -0.1) is 0 Å². The summed E-state index contributed by atoms with van der Waals surface area (Å²) in [4.78, 5) is 16.5. The maximum atomic E-state index is 12.7. The van der Waals surface area contributed by atoms with Gasteiger partial charge in [0.05, 0.1) is 25.5 Å². The minimum Gasteiger partial charge on any atom is -0.467 e. The van der Waals surface area contributed by atoms with Gasteiger partial charge in [0, 0.05) is 6.54 Å². The summed E-state index contributed by atoms with van der Waals surface area (Å²) in [5, 5.41) is 9.20. The largest absolute Gasteiger partial charge is 0.467 e. The van der Waals surface area contributed by atoms with Crippen LogP contribution >= 0.6 is 0 Å². The van der Waals surface area contributed by atoms with Crippen LogP contribution < -0.4 is 0 Å². The zero-order valence-corrected chi connectivity index (χ0v) is 12.1. The number of amides is 1. The number of aliphatic hydroxyl groups is 1. The summed E-state index contributed by atoms with van der Waals surface area (Å²) < 4.78 is 5.31. The molecule has 5 heteroatoms. The fourth-order valence-electron chi connectivity index (χ4n) is 2.75. The maximum absolute atomic E-state index is 12.7. The number of hydrogen-bond acceptors (Lipinski definition) is 4. The second-order valence-corrected chi connectivity index (χ2v) is 5.41. The van der Waals surface area contributed by atoms with E-state index in [2.05, 4.69) is 4.90 Å². The van der Waals surface area contributed by atoms with Crippen molar-refractivity contribution in [2.75, 3.05) is 26.7 Å². The van der Waals surface area contributed by atoms with Crippen molar-refractivity contribution in [3.8, 4) is 0 Å². The predicted octanol–water partition coefficient (Wildman–Crippen LogP) is 1.47. The first-order valence-electron chi connectivity index (χ1n) is 7.34. The number of carbonyl (C=O) groups excluding carboxylic acids is 1. The highest BCUT2D eigenvalue weighted by Gasteiger charge is 2.28. The van der Waals surface area contributed by atoms with Gasteiger partial charge in [0.15, 0.2) is 0 Å². The van der Waals surface area contributed by atoms with Crippen molar-refractivity contribution in [3.05, 3.63) is 24.2 Å². The van der Waals surface area contributed by atoms with Gasteiger partial charge in [-0.2, -0.15) is 0 Å². The summed E-state index contributed by atoms with van der Waals surface area (Å²) in [7, 11) is 2.01. The number of likely N-dealkylation sites (N-methyl/N-ethyl adjacent to an activating group) is 1. The molecule has 1 atom stereocenters. The fourth-order valence-corrected chi connectivity index (χ4v) is 2.75. The summed E-state index contributed by atoms with van der Waals surface area (Å²) in [6.45, 7) is 1.72. The zero-order chi connectivity index (χ0) is 14.4. The van der Waals surface area contributed by atoms with E-state index in [4.69, 9.17) is 4.42 Å². The fraction of sp³-hybridized carbons (Fsp3) is 0.667. The van der Waals surface area contributed by atoms with E-state index < -0.39 is 0 Å². The lowest BCUT2D eigenvalue weighted by molar-refractivity contribution is -0.138. The molecule has 1 aliphatic heterocycles. The molecular weight excluding hydrogens is 256 g/mol. The van der Waals surface area contributed by atoms with Crippen molar-refractivity contribution in [2.45, 2.75) is 38.3 Å². The van der Waals surface area contributed by atoms with E-state index in [0.717, 1.165) is 31.6 Å². The van der Waals surface area contributed by atoms with Gasteiger partial charge >= 0.3 is 0 Å². The number of carbonyl (C=O) groups is 1. The zero-order valence-electron chi connectivity index (χ0n) is 12.1. The smallest absolute Gasteiger partial charge is 0.240 e. The van der Waals surface area contributed by atoms with Crippen LogP contribution in [0.2, 0.25) is 0 Å². The highest BCUT2D eigenvalue weighted by molar-refractivity contribution is 5.81. The standard InChI is InChI=1S/C15H24N2O3/c1-16-8-4-2-3-7-14(16)15(19)17(9-10-18)12-13-6-5-11-20-13/h5-6,11,14,18H,2-4,7-10,12H2,1H3. The van der Waals surface area contributed by atoms with Gasteiger partial charge in [0.1, 0.15) is 5.76 Å². The van der Waals surface area contributed by atoms with Gasteiger partial charge in [-0.05, 0) is 38.6 Å². The Morgan fingerprint density at radius 2 is 2.35 bits per heavy atom. The normalized spacial score (nSPS) is 20.6. The molecule has 0 spiro atoms.